The molecule has 3 rings (SSSR count). The van der Waals surface area contributed by atoms with Gasteiger partial charge in [0, 0.05) is 24.7 Å². The fraction of sp³-hybridized carbons (Fsp3) is 0.333. The number of nitrogens with zero attached hydrogens (tertiary/aromatic N) is 1. The molecule has 1 saturated heterocycles. The molecule has 0 spiro atoms. The van der Waals surface area contributed by atoms with Crippen LogP contribution in [0.5, 0.6) is 5.75 Å². The fourth-order valence-corrected chi connectivity index (χ4v) is 3.27. The molecule has 0 aromatic heterocycles. The monoisotopic (exact) mass is 421 g/mol. The first kappa shape index (κ1) is 21.6. The van der Waals surface area contributed by atoms with Gasteiger partial charge in [0.05, 0.1) is 12.2 Å². The van der Waals surface area contributed by atoms with Crippen LogP contribution in [-0.2, 0) is 4.79 Å². The molecule has 2 N–H and O–H groups in total. The van der Waals surface area contributed by atoms with Crippen LogP contribution >= 0.6 is 0 Å². The lowest BCUT2D eigenvalue weighted by Crippen LogP contribution is -2.46. The van der Waals surface area contributed by atoms with Gasteiger partial charge in [-0.1, -0.05) is 12.1 Å². The number of carbonyl (C=O) groups excluding carboxylic acids is 2. The molecule has 0 saturated carbocycles. The second-order valence-electron chi connectivity index (χ2n) is 6.95. The summed E-state index contributed by atoms with van der Waals surface area (Å²) in [5.74, 6) is -1.10. The molecule has 2 amide bonds. The van der Waals surface area contributed by atoms with Gasteiger partial charge in [-0.15, -0.1) is 0 Å². The van der Waals surface area contributed by atoms with Crippen molar-refractivity contribution in [2.45, 2.75) is 25.5 Å². The van der Waals surface area contributed by atoms with E-state index in [1.54, 1.807) is 12.1 Å². The Balaban J connectivity index is 1.45. The molecular weight excluding hydrogens is 399 g/mol. The Morgan fingerprint density at radius 1 is 1.07 bits per heavy atom. The van der Waals surface area contributed by atoms with Crippen molar-refractivity contribution in [1.82, 2.24) is 10.2 Å². The Bertz CT molecular complexity index is 869. The third-order valence-electron chi connectivity index (χ3n) is 4.77. The van der Waals surface area contributed by atoms with Crippen LogP contribution in [0.15, 0.2) is 48.5 Å². The van der Waals surface area contributed by atoms with Gasteiger partial charge in [-0.05, 0) is 49.2 Å². The van der Waals surface area contributed by atoms with E-state index in [1.807, 2.05) is 4.90 Å². The maximum absolute atomic E-state index is 13.0. The zero-order valence-corrected chi connectivity index (χ0v) is 16.1. The molecule has 0 radical (unpaired) electrons. The maximum Gasteiger partial charge on any atom is 0.387 e. The predicted octanol–water partition coefficient (Wildman–Crippen LogP) is 3.26. The van der Waals surface area contributed by atoms with Crippen LogP contribution in [0.25, 0.3) is 0 Å². The number of ether oxygens (including phenoxy) is 1. The van der Waals surface area contributed by atoms with Crippen molar-refractivity contribution >= 4 is 17.5 Å². The summed E-state index contributed by atoms with van der Waals surface area (Å²) in [4.78, 5) is 26.4. The van der Waals surface area contributed by atoms with Crippen LogP contribution in [0.1, 0.15) is 23.2 Å². The molecule has 1 heterocycles. The Kier molecular flexibility index (Phi) is 7.29. The molecule has 160 valence electrons. The van der Waals surface area contributed by atoms with Crippen molar-refractivity contribution < 1.29 is 27.5 Å². The highest BCUT2D eigenvalue weighted by Gasteiger charge is 2.23. The number of hydrogen-bond donors (Lipinski definition) is 2. The first-order valence-corrected chi connectivity index (χ1v) is 9.53. The average molecular weight is 421 g/mol. The minimum Gasteiger partial charge on any atom is -0.433 e. The second-order valence-corrected chi connectivity index (χ2v) is 6.95. The molecule has 1 aliphatic heterocycles. The zero-order valence-electron chi connectivity index (χ0n) is 16.1. The van der Waals surface area contributed by atoms with E-state index in [4.69, 9.17) is 0 Å². The van der Waals surface area contributed by atoms with Crippen LogP contribution in [0, 0.1) is 5.82 Å². The summed E-state index contributed by atoms with van der Waals surface area (Å²) in [6, 6.07) is 11.3. The van der Waals surface area contributed by atoms with Gasteiger partial charge in [0.15, 0.2) is 0 Å². The number of halogens is 3. The maximum atomic E-state index is 13.0. The number of piperidine rings is 1. The minimum atomic E-state index is -2.98. The van der Waals surface area contributed by atoms with Gasteiger partial charge in [0.25, 0.3) is 5.91 Å². The van der Waals surface area contributed by atoms with E-state index < -0.39 is 12.4 Å². The molecule has 1 aliphatic rings. The van der Waals surface area contributed by atoms with Gasteiger partial charge in [-0.25, -0.2) is 4.39 Å². The summed E-state index contributed by atoms with van der Waals surface area (Å²) in [6.07, 6.45) is 1.32. The third kappa shape index (κ3) is 6.21. The lowest BCUT2D eigenvalue weighted by Gasteiger charge is -2.31. The average Bonchev–Trinajstić information content (AvgIpc) is 2.71. The number of anilines is 1. The first-order valence-electron chi connectivity index (χ1n) is 9.53. The van der Waals surface area contributed by atoms with E-state index in [1.165, 1.54) is 36.4 Å². The number of carbonyl (C=O) groups is 2. The summed E-state index contributed by atoms with van der Waals surface area (Å²) in [6.45, 7) is -1.69. The van der Waals surface area contributed by atoms with Gasteiger partial charge >= 0.3 is 6.61 Å². The smallest absolute Gasteiger partial charge is 0.387 e. The van der Waals surface area contributed by atoms with Crippen molar-refractivity contribution in [3.05, 3.63) is 59.9 Å². The van der Waals surface area contributed by atoms with Crippen molar-refractivity contribution in [3.63, 3.8) is 0 Å². The number of likely N-dealkylation sites (tertiary alicyclic amines) is 1. The number of nitrogens with one attached hydrogen (secondary N) is 2. The van der Waals surface area contributed by atoms with Crippen LogP contribution in [0.3, 0.4) is 0 Å². The molecule has 0 bridgehead atoms. The van der Waals surface area contributed by atoms with Crippen LogP contribution in [-0.4, -0.2) is 49.0 Å². The Hall–Kier alpha value is -3.07. The van der Waals surface area contributed by atoms with E-state index >= 15 is 0 Å². The molecule has 0 atom stereocenters. The Morgan fingerprint density at radius 2 is 1.73 bits per heavy atom. The zero-order chi connectivity index (χ0) is 21.5. The van der Waals surface area contributed by atoms with Crippen molar-refractivity contribution in [2.24, 2.45) is 0 Å². The third-order valence-corrected chi connectivity index (χ3v) is 4.77. The molecule has 2 aromatic rings. The minimum absolute atomic E-state index is 0.0398. The predicted molar refractivity (Wildman–Crippen MR) is 105 cm³/mol. The van der Waals surface area contributed by atoms with E-state index in [9.17, 15) is 22.8 Å². The topological polar surface area (TPSA) is 70.7 Å². The summed E-state index contributed by atoms with van der Waals surface area (Å²) >= 11 is 0. The van der Waals surface area contributed by atoms with Crippen molar-refractivity contribution in [2.75, 3.05) is 25.0 Å². The molecule has 30 heavy (non-hydrogen) atoms. The van der Waals surface area contributed by atoms with Crippen LogP contribution in [0.2, 0.25) is 0 Å². The second kappa shape index (κ2) is 10.1. The fourth-order valence-electron chi connectivity index (χ4n) is 3.27. The normalized spacial score (nSPS) is 15.1. The highest BCUT2D eigenvalue weighted by Crippen LogP contribution is 2.25. The Morgan fingerprint density at radius 3 is 2.40 bits per heavy atom. The summed E-state index contributed by atoms with van der Waals surface area (Å²) in [5, 5.41) is 5.51. The van der Waals surface area contributed by atoms with E-state index in [-0.39, 0.29) is 35.8 Å². The molecule has 6 nitrogen and oxygen atoms in total. The highest BCUT2D eigenvalue weighted by molar-refractivity contribution is 5.94. The van der Waals surface area contributed by atoms with Gasteiger partial charge in [0.2, 0.25) is 5.91 Å². The van der Waals surface area contributed by atoms with Gasteiger partial charge < -0.3 is 15.4 Å². The van der Waals surface area contributed by atoms with E-state index in [0.717, 1.165) is 0 Å². The quantitative estimate of drug-likeness (QED) is 0.720. The Labute approximate surface area is 172 Å². The SMILES string of the molecule is O=C(CN1CCC(NC(=O)c2ccc(F)cc2)CC1)Nc1ccccc1OC(F)F. The van der Waals surface area contributed by atoms with Crippen LogP contribution < -0.4 is 15.4 Å². The molecule has 9 heteroatoms. The van der Waals surface area contributed by atoms with Crippen molar-refractivity contribution in [1.29, 1.82) is 0 Å². The lowest BCUT2D eigenvalue weighted by atomic mass is 10.0. The molecule has 0 aliphatic carbocycles. The number of hydrogen-bond acceptors (Lipinski definition) is 4. The summed E-state index contributed by atoms with van der Waals surface area (Å²) < 4.78 is 42.3. The number of rotatable bonds is 7. The number of amides is 2. The van der Waals surface area contributed by atoms with E-state index in [0.29, 0.717) is 31.5 Å². The molecule has 2 aromatic carbocycles. The summed E-state index contributed by atoms with van der Waals surface area (Å²) in [7, 11) is 0. The molecule has 1 fully saturated rings. The molecule has 0 unspecified atom stereocenters. The number of para-hydroxylation sites is 2. The van der Waals surface area contributed by atoms with Gasteiger partial charge in [0.1, 0.15) is 11.6 Å². The number of benzene rings is 2. The largest absolute Gasteiger partial charge is 0.433 e. The number of alkyl halides is 2. The van der Waals surface area contributed by atoms with E-state index in [2.05, 4.69) is 15.4 Å². The molecular formula is C21H22F3N3O3. The van der Waals surface area contributed by atoms with Gasteiger partial charge in [-0.3, -0.25) is 14.5 Å². The highest BCUT2D eigenvalue weighted by atomic mass is 19.3. The standard InChI is InChI=1S/C21H22F3N3O3/c22-15-7-5-14(6-8-15)20(29)25-16-9-11-27(12-10-16)13-19(28)26-17-3-1-2-4-18(17)30-21(23)24/h1-8,16,21H,9-13H2,(H,25,29)(H,26,28). The van der Waals surface area contributed by atoms with Gasteiger partial charge in [-0.2, -0.15) is 8.78 Å². The first-order chi connectivity index (χ1) is 14.4. The van der Waals surface area contributed by atoms with Crippen molar-refractivity contribution in [3.8, 4) is 5.75 Å². The van der Waals surface area contributed by atoms with Crippen LogP contribution in [0.4, 0.5) is 18.9 Å². The lowest BCUT2D eigenvalue weighted by molar-refractivity contribution is -0.117. The summed E-state index contributed by atoms with van der Waals surface area (Å²) in [5.41, 5.74) is 0.576.